The third kappa shape index (κ3) is 4.41. The second-order valence-corrected chi connectivity index (χ2v) is 7.37. The third-order valence-corrected chi connectivity index (χ3v) is 5.23. The highest BCUT2D eigenvalue weighted by Gasteiger charge is 2.28. The van der Waals surface area contributed by atoms with Gasteiger partial charge in [-0.15, -0.1) is 0 Å². The van der Waals surface area contributed by atoms with Gasteiger partial charge in [0.05, 0.1) is 10.7 Å². The lowest BCUT2D eigenvalue weighted by Crippen LogP contribution is -2.41. The minimum absolute atomic E-state index is 0.0115. The van der Waals surface area contributed by atoms with E-state index in [1.54, 1.807) is 12.1 Å². The van der Waals surface area contributed by atoms with Gasteiger partial charge >= 0.3 is 0 Å². The van der Waals surface area contributed by atoms with Crippen LogP contribution in [0.1, 0.15) is 23.2 Å². The van der Waals surface area contributed by atoms with Crippen LogP contribution < -0.4 is 5.32 Å². The molecule has 0 unspecified atom stereocenters. The molecule has 0 aliphatic carbocycles. The van der Waals surface area contributed by atoms with E-state index < -0.39 is 0 Å². The average molecular weight is 422 g/mol. The molecule has 1 N–H and O–H groups in total. The summed E-state index contributed by atoms with van der Waals surface area (Å²) in [5.41, 5.74) is 1.30. The highest BCUT2D eigenvalue weighted by atomic mass is 79.9. The first-order valence-electron chi connectivity index (χ1n) is 8.15. The zero-order chi connectivity index (χ0) is 17.8. The van der Waals surface area contributed by atoms with E-state index in [0.717, 1.165) is 4.47 Å². The van der Waals surface area contributed by atoms with Crippen LogP contribution in [0, 0.1) is 5.92 Å². The summed E-state index contributed by atoms with van der Waals surface area (Å²) in [6, 6.07) is 14.5. The van der Waals surface area contributed by atoms with E-state index in [9.17, 15) is 9.59 Å². The number of amides is 2. The minimum Gasteiger partial charge on any atom is -0.339 e. The molecule has 130 valence electrons. The minimum atomic E-state index is -0.106. The maximum atomic E-state index is 12.5. The molecule has 0 bridgehead atoms. The second kappa shape index (κ2) is 8.02. The number of hydrogen-bond donors (Lipinski definition) is 1. The molecule has 4 nitrogen and oxygen atoms in total. The highest BCUT2D eigenvalue weighted by Crippen LogP contribution is 2.24. The number of carbonyl (C=O) groups is 2. The number of nitrogens with zero attached hydrogens (tertiary/aromatic N) is 1. The molecule has 1 aliphatic rings. The first-order valence-corrected chi connectivity index (χ1v) is 9.32. The van der Waals surface area contributed by atoms with Crippen LogP contribution >= 0.6 is 27.5 Å². The van der Waals surface area contributed by atoms with Crippen molar-refractivity contribution in [3.63, 3.8) is 0 Å². The summed E-state index contributed by atoms with van der Waals surface area (Å²) in [5.74, 6) is -0.133. The molecule has 1 fully saturated rings. The number of piperidine rings is 1. The topological polar surface area (TPSA) is 49.4 Å². The van der Waals surface area contributed by atoms with Crippen LogP contribution in [0.25, 0.3) is 0 Å². The molecule has 0 saturated carbocycles. The zero-order valence-corrected chi connectivity index (χ0v) is 15.9. The lowest BCUT2D eigenvalue weighted by atomic mass is 9.95. The number of benzene rings is 2. The fraction of sp³-hybridized carbons (Fsp3) is 0.263. The van der Waals surface area contributed by atoms with Gasteiger partial charge in [-0.1, -0.05) is 39.7 Å². The Morgan fingerprint density at radius 2 is 1.68 bits per heavy atom. The molecule has 25 heavy (non-hydrogen) atoms. The van der Waals surface area contributed by atoms with Crippen molar-refractivity contribution in [1.82, 2.24) is 4.90 Å². The van der Waals surface area contributed by atoms with Gasteiger partial charge in [0.2, 0.25) is 5.91 Å². The van der Waals surface area contributed by atoms with Gasteiger partial charge in [0.1, 0.15) is 0 Å². The lowest BCUT2D eigenvalue weighted by Gasteiger charge is -2.31. The molecule has 2 aromatic carbocycles. The number of rotatable bonds is 3. The largest absolute Gasteiger partial charge is 0.339 e. The van der Waals surface area contributed by atoms with Crippen LogP contribution in [-0.2, 0) is 4.79 Å². The van der Waals surface area contributed by atoms with Crippen molar-refractivity contribution in [3.8, 4) is 0 Å². The van der Waals surface area contributed by atoms with E-state index in [2.05, 4.69) is 21.2 Å². The number of likely N-dealkylation sites (tertiary alicyclic amines) is 1. The molecule has 3 rings (SSSR count). The maximum Gasteiger partial charge on any atom is 0.253 e. The number of halogens is 2. The molecular weight excluding hydrogens is 404 g/mol. The summed E-state index contributed by atoms with van der Waals surface area (Å²) >= 11 is 9.45. The lowest BCUT2D eigenvalue weighted by molar-refractivity contribution is -0.121. The van der Waals surface area contributed by atoms with E-state index in [-0.39, 0.29) is 17.7 Å². The van der Waals surface area contributed by atoms with Gasteiger partial charge in [-0.05, 0) is 49.2 Å². The highest BCUT2D eigenvalue weighted by molar-refractivity contribution is 9.10. The zero-order valence-electron chi connectivity index (χ0n) is 13.5. The molecule has 2 aromatic rings. The molecule has 1 saturated heterocycles. The van der Waals surface area contributed by atoms with Gasteiger partial charge in [0, 0.05) is 29.0 Å². The van der Waals surface area contributed by atoms with Gasteiger partial charge in [0.25, 0.3) is 5.91 Å². The van der Waals surface area contributed by atoms with E-state index in [0.29, 0.717) is 42.2 Å². The molecule has 0 radical (unpaired) electrons. The fourth-order valence-corrected chi connectivity index (χ4v) is 3.36. The Morgan fingerprint density at radius 1 is 1.04 bits per heavy atom. The quantitative estimate of drug-likeness (QED) is 0.788. The molecule has 1 heterocycles. The normalized spacial score (nSPS) is 15.0. The van der Waals surface area contributed by atoms with Crippen molar-refractivity contribution in [2.75, 3.05) is 18.4 Å². The van der Waals surface area contributed by atoms with Crippen molar-refractivity contribution in [3.05, 3.63) is 63.6 Å². The van der Waals surface area contributed by atoms with Crippen LogP contribution in [0.4, 0.5) is 5.69 Å². The molecule has 0 spiro atoms. The Bertz CT molecular complexity index is 771. The summed E-state index contributed by atoms with van der Waals surface area (Å²) in [6.07, 6.45) is 1.30. The summed E-state index contributed by atoms with van der Waals surface area (Å²) in [6.45, 7) is 1.16. The molecule has 6 heteroatoms. The number of anilines is 1. The Kier molecular flexibility index (Phi) is 5.76. The van der Waals surface area contributed by atoms with Crippen molar-refractivity contribution in [2.45, 2.75) is 12.8 Å². The van der Waals surface area contributed by atoms with Gasteiger partial charge in [-0.25, -0.2) is 0 Å². The Hall–Kier alpha value is -1.85. The fourth-order valence-electron chi connectivity index (χ4n) is 2.92. The van der Waals surface area contributed by atoms with Gasteiger partial charge < -0.3 is 10.2 Å². The molecule has 0 aromatic heterocycles. The Labute approximate surface area is 160 Å². The van der Waals surface area contributed by atoms with Crippen molar-refractivity contribution in [1.29, 1.82) is 0 Å². The van der Waals surface area contributed by atoms with Crippen LogP contribution in [0.5, 0.6) is 0 Å². The Balaban J connectivity index is 1.56. The van der Waals surface area contributed by atoms with E-state index in [1.165, 1.54) is 0 Å². The van der Waals surface area contributed by atoms with Crippen LogP contribution in [0.2, 0.25) is 5.02 Å². The van der Waals surface area contributed by atoms with Crippen LogP contribution in [0.15, 0.2) is 53.0 Å². The number of hydrogen-bond acceptors (Lipinski definition) is 2. The SMILES string of the molecule is O=C(Nc1ccccc1Cl)C1CCN(C(=O)c2ccc(Br)cc2)CC1. The molecule has 1 aliphatic heterocycles. The van der Waals surface area contributed by atoms with Gasteiger partial charge in [0.15, 0.2) is 0 Å². The maximum absolute atomic E-state index is 12.5. The van der Waals surface area contributed by atoms with Crippen molar-refractivity contribution < 1.29 is 9.59 Å². The smallest absolute Gasteiger partial charge is 0.253 e. The van der Waals surface area contributed by atoms with Gasteiger partial charge in [-0.2, -0.15) is 0 Å². The van der Waals surface area contributed by atoms with Crippen LogP contribution in [0.3, 0.4) is 0 Å². The van der Waals surface area contributed by atoms with Crippen LogP contribution in [-0.4, -0.2) is 29.8 Å². The Morgan fingerprint density at radius 3 is 2.32 bits per heavy atom. The predicted molar refractivity (Wildman–Crippen MR) is 103 cm³/mol. The molecule has 0 atom stereocenters. The summed E-state index contributed by atoms with van der Waals surface area (Å²) in [4.78, 5) is 26.7. The average Bonchev–Trinajstić information content (AvgIpc) is 2.64. The summed E-state index contributed by atoms with van der Waals surface area (Å²) in [5, 5.41) is 3.41. The third-order valence-electron chi connectivity index (χ3n) is 4.38. The first-order chi connectivity index (χ1) is 12.0. The number of carbonyl (C=O) groups excluding carboxylic acids is 2. The van der Waals surface area contributed by atoms with Crippen molar-refractivity contribution >= 4 is 45.0 Å². The standard InChI is InChI=1S/C19H18BrClN2O2/c20-15-7-5-14(6-8-15)19(25)23-11-9-13(10-12-23)18(24)22-17-4-2-1-3-16(17)21/h1-8,13H,9-12H2,(H,22,24). The monoisotopic (exact) mass is 420 g/mol. The van der Waals surface area contributed by atoms with Gasteiger partial charge in [-0.3, -0.25) is 9.59 Å². The summed E-state index contributed by atoms with van der Waals surface area (Å²) in [7, 11) is 0. The van der Waals surface area contributed by atoms with E-state index in [1.807, 2.05) is 41.3 Å². The second-order valence-electron chi connectivity index (χ2n) is 6.04. The predicted octanol–water partition coefficient (Wildman–Crippen LogP) is 4.59. The first kappa shape index (κ1) is 18.0. The molecule has 2 amide bonds. The van der Waals surface area contributed by atoms with E-state index >= 15 is 0 Å². The molecular formula is C19H18BrClN2O2. The summed E-state index contributed by atoms with van der Waals surface area (Å²) < 4.78 is 0.944. The van der Waals surface area contributed by atoms with Crippen molar-refractivity contribution in [2.24, 2.45) is 5.92 Å². The number of para-hydroxylation sites is 1. The number of nitrogens with one attached hydrogen (secondary N) is 1. The van der Waals surface area contributed by atoms with E-state index in [4.69, 9.17) is 11.6 Å².